The van der Waals surface area contributed by atoms with Crippen LogP contribution in [0, 0.1) is 6.92 Å². The van der Waals surface area contributed by atoms with E-state index < -0.39 is 0 Å². The number of carbonyl (C=O) groups is 1. The Balaban J connectivity index is 1.40. The molecule has 3 aromatic carbocycles. The van der Waals surface area contributed by atoms with Gasteiger partial charge in [0, 0.05) is 12.0 Å². The van der Waals surface area contributed by atoms with Crippen LogP contribution in [0.4, 0.5) is 5.13 Å². The lowest BCUT2D eigenvalue weighted by molar-refractivity contribution is -0.116. The van der Waals surface area contributed by atoms with E-state index in [0.29, 0.717) is 18.0 Å². The van der Waals surface area contributed by atoms with Gasteiger partial charge < -0.3 is 5.32 Å². The van der Waals surface area contributed by atoms with Crippen molar-refractivity contribution < 1.29 is 4.79 Å². The molecule has 0 bridgehead atoms. The third-order valence-electron chi connectivity index (χ3n) is 4.47. The molecule has 134 valence electrons. The van der Waals surface area contributed by atoms with Gasteiger partial charge in [0.25, 0.3) is 0 Å². The van der Waals surface area contributed by atoms with Crippen LogP contribution in [-0.4, -0.2) is 16.1 Å². The third kappa shape index (κ3) is 4.04. The van der Waals surface area contributed by atoms with E-state index in [4.69, 9.17) is 0 Å². The van der Waals surface area contributed by atoms with Gasteiger partial charge in [0.15, 0.2) is 0 Å². The molecule has 4 aromatic rings. The number of benzene rings is 3. The molecule has 5 heteroatoms. The molecule has 1 N–H and O–H groups in total. The highest BCUT2D eigenvalue weighted by molar-refractivity contribution is 7.18. The molecule has 0 radical (unpaired) electrons. The molecular formula is C22H19N3OS. The Morgan fingerprint density at radius 1 is 0.963 bits per heavy atom. The minimum Gasteiger partial charge on any atom is -0.301 e. The zero-order chi connectivity index (χ0) is 18.6. The first-order chi connectivity index (χ1) is 13.2. The maximum absolute atomic E-state index is 12.3. The molecule has 0 fully saturated rings. The van der Waals surface area contributed by atoms with E-state index in [0.717, 1.165) is 10.6 Å². The lowest BCUT2D eigenvalue weighted by Gasteiger charge is -2.06. The Morgan fingerprint density at radius 3 is 2.59 bits per heavy atom. The zero-order valence-corrected chi connectivity index (χ0v) is 15.8. The van der Waals surface area contributed by atoms with Gasteiger partial charge in [-0.1, -0.05) is 83.6 Å². The summed E-state index contributed by atoms with van der Waals surface area (Å²) in [5, 5.41) is 14.9. The minimum absolute atomic E-state index is 0.0467. The maximum Gasteiger partial charge on any atom is 0.226 e. The molecule has 0 unspecified atom stereocenters. The molecule has 0 saturated carbocycles. The topological polar surface area (TPSA) is 54.9 Å². The number of hydrogen-bond donors (Lipinski definition) is 1. The monoisotopic (exact) mass is 373 g/mol. The lowest BCUT2D eigenvalue weighted by Crippen LogP contribution is -2.12. The van der Waals surface area contributed by atoms with Crippen LogP contribution < -0.4 is 5.32 Å². The van der Waals surface area contributed by atoms with Crippen molar-refractivity contribution in [1.29, 1.82) is 0 Å². The number of rotatable bonds is 5. The Labute approximate surface area is 161 Å². The van der Waals surface area contributed by atoms with Gasteiger partial charge >= 0.3 is 0 Å². The van der Waals surface area contributed by atoms with Gasteiger partial charge in [-0.25, -0.2) is 0 Å². The smallest absolute Gasteiger partial charge is 0.226 e. The largest absolute Gasteiger partial charge is 0.301 e. The van der Waals surface area contributed by atoms with Crippen LogP contribution in [0.5, 0.6) is 0 Å². The zero-order valence-electron chi connectivity index (χ0n) is 15.0. The summed E-state index contributed by atoms with van der Waals surface area (Å²) in [5.41, 5.74) is 3.39. The van der Waals surface area contributed by atoms with Crippen LogP contribution in [0.25, 0.3) is 21.3 Å². The second-order valence-electron chi connectivity index (χ2n) is 6.46. The van der Waals surface area contributed by atoms with E-state index in [2.05, 4.69) is 39.8 Å². The number of anilines is 1. The molecule has 0 aliphatic rings. The summed E-state index contributed by atoms with van der Waals surface area (Å²) in [7, 11) is 0. The Morgan fingerprint density at radius 2 is 1.74 bits per heavy atom. The van der Waals surface area contributed by atoms with E-state index in [-0.39, 0.29) is 5.91 Å². The van der Waals surface area contributed by atoms with Crippen molar-refractivity contribution in [2.24, 2.45) is 0 Å². The van der Waals surface area contributed by atoms with Crippen LogP contribution >= 0.6 is 11.3 Å². The standard InChI is InChI=1S/C22H19N3OS/c1-15-9-11-18(12-10-15)21-24-25-22(27-21)23-20(26)14-13-17-7-4-6-16-5-2-3-8-19(16)17/h2-12H,13-14H2,1H3,(H,23,25,26). The average Bonchev–Trinajstić information content (AvgIpc) is 3.15. The number of amides is 1. The fourth-order valence-corrected chi connectivity index (χ4v) is 3.79. The van der Waals surface area contributed by atoms with Crippen molar-refractivity contribution in [3.63, 3.8) is 0 Å². The summed E-state index contributed by atoms with van der Waals surface area (Å²) in [4.78, 5) is 12.3. The summed E-state index contributed by atoms with van der Waals surface area (Å²) in [6.45, 7) is 2.05. The van der Waals surface area contributed by atoms with E-state index in [1.807, 2.05) is 49.4 Å². The van der Waals surface area contributed by atoms with Crippen molar-refractivity contribution in [3.8, 4) is 10.6 Å². The van der Waals surface area contributed by atoms with Crippen LogP contribution in [0.2, 0.25) is 0 Å². The number of nitrogens with one attached hydrogen (secondary N) is 1. The first kappa shape index (κ1) is 17.4. The van der Waals surface area contributed by atoms with Crippen molar-refractivity contribution >= 4 is 33.1 Å². The van der Waals surface area contributed by atoms with Crippen LogP contribution in [0.3, 0.4) is 0 Å². The lowest BCUT2D eigenvalue weighted by atomic mass is 10.0. The van der Waals surface area contributed by atoms with Crippen molar-refractivity contribution in [3.05, 3.63) is 77.9 Å². The number of aromatic nitrogens is 2. The summed E-state index contributed by atoms with van der Waals surface area (Å²) in [5.74, 6) is -0.0467. The van der Waals surface area contributed by atoms with Gasteiger partial charge in [-0.15, -0.1) is 10.2 Å². The van der Waals surface area contributed by atoms with Gasteiger partial charge in [-0.05, 0) is 29.7 Å². The minimum atomic E-state index is -0.0467. The highest BCUT2D eigenvalue weighted by Gasteiger charge is 2.10. The number of aryl methyl sites for hydroxylation is 2. The quantitative estimate of drug-likeness (QED) is 0.521. The molecule has 1 amide bonds. The molecule has 1 heterocycles. The SMILES string of the molecule is Cc1ccc(-c2nnc(NC(=O)CCc3cccc4ccccc34)s2)cc1. The highest BCUT2D eigenvalue weighted by atomic mass is 32.1. The number of nitrogens with zero attached hydrogens (tertiary/aromatic N) is 2. The Kier molecular flexibility index (Phi) is 4.94. The van der Waals surface area contributed by atoms with E-state index in [9.17, 15) is 4.79 Å². The maximum atomic E-state index is 12.3. The Hall–Kier alpha value is -3.05. The molecular weight excluding hydrogens is 354 g/mol. The van der Waals surface area contributed by atoms with Crippen LogP contribution in [-0.2, 0) is 11.2 Å². The van der Waals surface area contributed by atoms with Gasteiger partial charge in [0.05, 0.1) is 0 Å². The molecule has 4 nitrogen and oxygen atoms in total. The molecule has 4 rings (SSSR count). The van der Waals surface area contributed by atoms with Crippen molar-refractivity contribution in [1.82, 2.24) is 10.2 Å². The molecule has 0 saturated heterocycles. The predicted molar refractivity (Wildman–Crippen MR) is 111 cm³/mol. The number of hydrogen-bond acceptors (Lipinski definition) is 4. The van der Waals surface area contributed by atoms with E-state index >= 15 is 0 Å². The molecule has 0 aliphatic heterocycles. The normalized spacial score (nSPS) is 10.9. The van der Waals surface area contributed by atoms with Gasteiger partial charge in [0.1, 0.15) is 5.01 Å². The van der Waals surface area contributed by atoms with Crippen molar-refractivity contribution in [2.75, 3.05) is 5.32 Å². The van der Waals surface area contributed by atoms with Gasteiger partial charge in [-0.2, -0.15) is 0 Å². The van der Waals surface area contributed by atoms with Crippen LogP contribution in [0.15, 0.2) is 66.7 Å². The summed E-state index contributed by atoms with van der Waals surface area (Å²) in [6, 6.07) is 22.6. The first-order valence-electron chi connectivity index (χ1n) is 8.86. The second kappa shape index (κ2) is 7.68. The molecule has 27 heavy (non-hydrogen) atoms. The number of carbonyl (C=O) groups excluding carboxylic acids is 1. The highest BCUT2D eigenvalue weighted by Crippen LogP contribution is 2.26. The summed E-state index contributed by atoms with van der Waals surface area (Å²) in [6.07, 6.45) is 1.10. The number of fused-ring (bicyclic) bond motifs is 1. The fraction of sp³-hybridized carbons (Fsp3) is 0.136. The first-order valence-corrected chi connectivity index (χ1v) is 9.68. The fourth-order valence-electron chi connectivity index (χ4n) is 3.03. The third-order valence-corrected chi connectivity index (χ3v) is 5.36. The van der Waals surface area contributed by atoms with Crippen molar-refractivity contribution in [2.45, 2.75) is 19.8 Å². The van der Waals surface area contributed by atoms with E-state index in [1.165, 1.54) is 33.2 Å². The summed E-state index contributed by atoms with van der Waals surface area (Å²) >= 11 is 1.39. The van der Waals surface area contributed by atoms with Gasteiger partial charge in [-0.3, -0.25) is 4.79 Å². The van der Waals surface area contributed by atoms with Gasteiger partial charge in [0.2, 0.25) is 11.0 Å². The molecule has 1 aromatic heterocycles. The molecule has 0 spiro atoms. The average molecular weight is 373 g/mol. The van der Waals surface area contributed by atoms with E-state index in [1.54, 1.807) is 0 Å². The van der Waals surface area contributed by atoms with Crippen LogP contribution in [0.1, 0.15) is 17.5 Å². The molecule has 0 atom stereocenters. The predicted octanol–water partition coefficient (Wildman–Crippen LogP) is 5.24. The Bertz CT molecular complexity index is 1080. The molecule has 0 aliphatic carbocycles. The summed E-state index contributed by atoms with van der Waals surface area (Å²) < 4.78 is 0. The second-order valence-corrected chi connectivity index (χ2v) is 7.44.